The Morgan fingerprint density at radius 3 is 2.35 bits per heavy atom. The maximum absolute atomic E-state index is 11.0. The SMILES string of the molecule is CC(C)C1CC(O)(C2CCCCCC2)CCO1. The molecule has 0 amide bonds. The van der Waals surface area contributed by atoms with Gasteiger partial charge in [0, 0.05) is 13.0 Å². The van der Waals surface area contributed by atoms with Gasteiger partial charge < -0.3 is 9.84 Å². The molecule has 2 fully saturated rings. The molecule has 0 aromatic heterocycles. The van der Waals surface area contributed by atoms with Crippen molar-refractivity contribution in [3.8, 4) is 0 Å². The Bertz CT molecular complexity index is 231. The van der Waals surface area contributed by atoms with Crippen molar-refractivity contribution in [2.75, 3.05) is 6.61 Å². The van der Waals surface area contributed by atoms with Gasteiger partial charge in [0.1, 0.15) is 0 Å². The van der Waals surface area contributed by atoms with Gasteiger partial charge in [-0.3, -0.25) is 0 Å². The lowest BCUT2D eigenvalue weighted by atomic mass is 9.74. The smallest absolute Gasteiger partial charge is 0.0722 e. The summed E-state index contributed by atoms with van der Waals surface area (Å²) in [6, 6.07) is 0. The Hall–Kier alpha value is -0.0800. The van der Waals surface area contributed by atoms with Crippen LogP contribution in [0, 0.1) is 11.8 Å². The molecular formula is C15H28O2. The summed E-state index contributed by atoms with van der Waals surface area (Å²) in [6.45, 7) is 5.14. The maximum Gasteiger partial charge on any atom is 0.0722 e. The minimum Gasteiger partial charge on any atom is -0.389 e. The van der Waals surface area contributed by atoms with Crippen molar-refractivity contribution >= 4 is 0 Å². The van der Waals surface area contributed by atoms with Gasteiger partial charge in [-0.05, 0) is 31.1 Å². The van der Waals surface area contributed by atoms with Gasteiger partial charge in [-0.25, -0.2) is 0 Å². The van der Waals surface area contributed by atoms with Crippen molar-refractivity contribution in [2.24, 2.45) is 11.8 Å². The van der Waals surface area contributed by atoms with Crippen LogP contribution in [0.25, 0.3) is 0 Å². The first-order valence-corrected chi connectivity index (χ1v) is 7.46. The monoisotopic (exact) mass is 240 g/mol. The molecule has 2 aliphatic rings. The lowest BCUT2D eigenvalue weighted by Gasteiger charge is -2.43. The topological polar surface area (TPSA) is 29.5 Å². The summed E-state index contributed by atoms with van der Waals surface area (Å²) in [5.74, 6) is 1.04. The normalized spacial score (nSPS) is 37.1. The Balaban J connectivity index is 2.00. The predicted octanol–water partition coefficient (Wildman–Crippen LogP) is 3.52. The first-order valence-electron chi connectivity index (χ1n) is 7.46. The van der Waals surface area contributed by atoms with Crippen molar-refractivity contribution in [3.05, 3.63) is 0 Å². The summed E-state index contributed by atoms with van der Waals surface area (Å²) in [7, 11) is 0. The first-order chi connectivity index (χ1) is 8.12. The van der Waals surface area contributed by atoms with Crippen molar-refractivity contribution < 1.29 is 9.84 Å². The molecule has 2 nitrogen and oxygen atoms in total. The molecule has 100 valence electrons. The molecule has 2 heteroatoms. The van der Waals surface area contributed by atoms with E-state index in [1.54, 1.807) is 0 Å². The Kier molecular flexibility index (Phi) is 4.48. The fraction of sp³-hybridized carbons (Fsp3) is 1.00. The number of ether oxygens (including phenoxy) is 1. The molecule has 1 aliphatic carbocycles. The second kappa shape index (κ2) is 5.71. The van der Waals surface area contributed by atoms with Gasteiger partial charge in [-0.2, -0.15) is 0 Å². The van der Waals surface area contributed by atoms with Crippen LogP contribution in [0.1, 0.15) is 65.2 Å². The van der Waals surface area contributed by atoms with Gasteiger partial charge in [0.05, 0.1) is 11.7 Å². The highest BCUT2D eigenvalue weighted by atomic mass is 16.5. The molecule has 0 aromatic carbocycles. The summed E-state index contributed by atoms with van der Waals surface area (Å²) in [4.78, 5) is 0. The number of hydrogen-bond acceptors (Lipinski definition) is 2. The minimum absolute atomic E-state index is 0.261. The molecule has 1 N–H and O–H groups in total. The first kappa shape index (κ1) is 13.4. The quantitative estimate of drug-likeness (QED) is 0.748. The molecular weight excluding hydrogens is 212 g/mol. The van der Waals surface area contributed by atoms with Gasteiger partial charge in [0.15, 0.2) is 0 Å². The largest absolute Gasteiger partial charge is 0.389 e. The van der Waals surface area contributed by atoms with E-state index in [9.17, 15) is 5.11 Å². The molecule has 1 saturated carbocycles. The van der Waals surface area contributed by atoms with Crippen LogP contribution in [0.5, 0.6) is 0 Å². The fourth-order valence-corrected chi connectivity index (χ4v) is 3.51. The third kappa shape index (κ3) is 3.23. The molecule has 17 heavy (non-hydrogen) atoms. The molecule has 2 atom stereocenters. The van der Waals surface area contributed by atoms with E-state index < -0.39 is 5.60 Å². The zero-order valence-corrected chi connectivity index (χ0v) is 11.5. The zero-order chi connectivity index (χ0) is 12.3. The van der Waals surface area contributed by atoms with E-state index in [0.717, 1.165) is 19.4 Å². The van der Waals surface area contributed by atoms with Gasteiger partial charge in [-0.15, -0.1) is 0 Å². The average molecular weight is 240 g/mol. The van der Waals surface area contributed by atoms with Crippen LogP contribution in [0.3, 0.4) is 0 Å². The van der Waals surface area contributed by atoms with Gasteiger partial charge in [-0.1, -0.05) is 39.5 Å². The summed E-state index contributed by atoms with van der Waals surface area (Å²) in [6.07, 6.45) is 9.74. The van der Waals surface area contributed by atoms with E-state index in [4.69, 9.17) is 4.74 Å². The highest BCUT2D eigenvalue weighted by molar-refractivity contribution is 4.93. The lowest BCUT2D eigenvalue weighted by molar-refractivity contribution is -0.144. The van der Waals surface area contributed by atoms with Crippen molar-refractivity contribution in [3.63, 3.8) is 0 Å². The van der Waals surface area contributed by atoms with Crippen LogP contribution in [-0.2, 0) is 4.74 Å². The summed E-state index contributed by atoms with van der Waals surface area (Å²) < 4.78 is 5.80. The second-order valence-electron chi connectivity index (χ2n) is 6.40. The molecule has 1 heterocycles. The van der Waals surface area contributed by atoms with E-state index >= 15 is 0 Å². The maximum atomic E-state index is 11.0. The van der Waals surface area contributed by atoms with E-state index in [-0.39, 0.29) is 6.10 Å². The Labute approximate surface area is 106 Å². The molecule has 2 unspecified atom stereocenters. The van der Waals surface area contributed by atoms with E-state index in [1.807, 2.05) is 0 Å². The average Bonchev–Trinajstić information content (AvgIpc) is 2.58. The summed E-state index contributed by atoms with van der Waals surface area (Å²) in [5, 5.41) is 11.0. The molecule has 1 saturated heterocycles. The van der Waals surface area contributed by atoms with Crippen molar-refractivity contribution in [1.82, 2.24) is 0 Å². The molecule has 0 radical (unpaired) electrons. The van der Waals surface area contributed by atoms with E-state index in [0.29, 0.717) is 11.8 Å². The Morgan fingerprint density at radius 1 is 1.12 bits per heavy atom. The molecule has 0 bridgehead atoms. The van der Waals surface area contributed by atoms with Crippen LogP contribution in [0.4, 0.5) is 0 Å². The summed E-state index contributed by atoms with van der Waals surface area (Å²) >= 11 is 0. The zero-order valence-electron chi connectivity index (χ0n) is 11.5. The second-order valence-corrected chi connectivity index (χ2v) is 6.40. The minimum atomic E-state index is -0.433. The van der Waals surface area contributed by atoms with Crippen molar-refractivity contribution in [1.29, 1.82) is 0 Å². The molecule has 2 rings (SSSR count). The fourth-order valence-electron chi connectivity index (χ4n) is 3.51. The Morgan fingerprint density at radius 2 is 1.76 bits per heavy atom. The van der Waals surface area contributed by atoms with Crippen LogP contribution < -0.4 is 0 Å². The number of rotatable bonds is 2. The van der Waals surface area contributed by atoms with Crippen LogP contribution in [0.2, 0.25) is 0 Å². The van der Waals surface area contributed by atoms with Crippen LogP contribution in [0.15, 0.2) is 0 Å². The highest BCUT2D eigenvalue weighted by Gasteiger charge is 2.42. The van der Waals surface area contributed by atoms with E-state index in [2.05, 4.69) is 13.8 Å². The molecule has 1 aliphatic heterocycles. The van der Waals surface area contributed by atoms with Gasteiger partial charge in [0.2, 0.25) is 0 Å². The van der Waals surface area contributed by atoms with Crippen LogP contribution in [-0.4, -0.2) is 23.4 Å². The van der Waals surface area contributed by atoms with Crippen molar-refractivity contribution in [2.45, 2.75) is 76.9 Å². The molecule has 0 aromatic rings. The third-order valence-electron chi connectivity index (χ3n) is 4.78. The standard InChI is InChI=1S/C15H28O2/c1-12(2)14-11-15(16,9-10-17-14)13-7-5-3-4-6-8-13/h12-14,16H,3-11H2,1-2H3. The summed E-state index contributed by atoms with van der Waals surface area (Å²) in [5.41, 5.74) is -0.433. The highest BCUT2D eigenvalue weighted by Crippen LogP contribution is 2.40. The lowest BCUT2D eigenvalue weighted by Crippen LogP contribution is -2.47. The van der Waals surface area contributed by atoms with Gasteiger partial charge in [0.25, 0.3) is 0 Å². The van der Waals surface area contributed by atoms with Crippen LogP contribution >= 0.6 is 0 Å². The van der Waals surface area contributed by atoms with Gasteiger partial charge >= 0.3 is 0 Å². The third-order valence-corrected chi connectivity index (χ3v) is 4.78. The predicted molar refractivity (Wildman–Crippen MR) is 70.0 cm³/mol. The molecule has 0 spiro atoms. The number of aliphatic hydroxyl groups is 1. The van der Waals surface area contributed by atoms with E-state index in [1.165, 1.54) is 38.5 Å². The number of hydrogen-bond donors (Lipinski definition) is 1.